The molecule has 0 aliphatic heterocycles. The normalized spacial score (nSPS) is 12.0. The maximum Gasteiger partial charge on any atom is 0.245 e. The molecule has 0 aliphatic rings. The molecule has 2 N–H and O–H groups in total. The molecular formula is C11H16BrN5O3S. The summed E-state index contributed by atoms with van der Waals surface area (Å²) >= 11 is 3.12. The van der Waals surface area contributed by atoms with Gasteiger partial charge in [0.05, 0.1) is 13.1 Å². The Labute approximate surface area is 131 Å². The third-order valence-electron chi connectivity index (χ3n) is 2.80. The first-order valence-electron chi connectivity index (χ1n) is 6.27. The molecule has 116 valence electrons. The number of halogens is 1. The Balaban J connectivity index is 2.15. The molecule has 0 amide bonds. The maximum absolute atomic E-state index is 12.3. The summed E-state index contributed by atoms with van der Waals surface area (Å²) in [5.74, 6) is 1.08. The quantitative estimate of drug-likeness (QED) is 0.741. The van der Waals surface area contributed by atoms with E-state index in [2.05, 4.69) is 36.2 Å². The lowest BCUT2D eigenvalue weighted by atomic mass is 10.4. The fourth-order valence-corrected chi connectivity index (χ4v) is 3.74. The molecule has 2 aromatic heterocycles. The lowest BCUT2D eigenvalue weighted by Crippen LogP contribution is -2.25. The molecule has 8 nitrogen and oxygen atoms in total. The Bertz CT molecular complexity index is 709. The van der Waals surface area contributed by atoms with Crippen LogP contribution in [0, 0.1) is 0 Å². The van der Waals surface area contributed by atoms with Crippen LogP contribution in [0.4, 0.5) is 0 Å². The van der Waals surface area contributed by atoms with E-state index in [1.165, 1.54) is 6.07 Å². The number of hydrogen-bond acceptors (Lipinski definition) is 6. The number of hydrogen-bond donors (Lipinski definition) is 2. The number of nitrogens with zero attached hydrogens (tertiary/aromatic N) is 3. The van der Waals surface area contributed by atoms with E-state index in [0.29, 0.717) is 24.7 Å². The zero-order valence-electron chi connectivity index (χ0n) is 11.6. The van der Waals surface area contributed by atoms with Crippen LogP contribution in [0.1, 0.15) is 18.5 Å². The van der Waals surface area contributed by atoms with E-state index in [4.69, 9.17) is 4.42 Å². The average Bonchev–Trinajstić information content (AvgIpc) is 3.03. The van der Waals surface area contributed by atoms with Gasteiger partial charge in [-0.15, -0.1) is 10.2 Å². The zero-order valence-corrected chi connectivity index (χ0v) is 14.0. The highest BCUT2D eigenvalue weighted by Gasteiger charge is 2.22. The first-order chi connectivity index (χ1) is 9.97. The Morgan fingerprint density at radius 2 is 2.19 bits per heavy atom. The topological polar surface area (TPSA) is 102 Å². The van der Waals surface area contributed by atoms with Crippen LogP contribution in [0.25, 0.3) is 0 Å². The molecule has 2 aromatic rings. The standard InChI is InChI=1S/C11H16BrN5O3S/c1-3-17-7-14-16-10(17)6-15-21(18,19)9-4-8(5-13-2)20-11(9)12/h4,7,13,15H,3,5-6H2,1-2H3. The fraction of sp³-hybridized carbons (Fsp3) is 0.455. The number of aromatic nitrogens is 3. The minimum atomic E-state index is -3.69. The van der Waals surface area contributed by atoms with Gasteiger partial charge >= 0.3 is 0 Å². The molecule has 0 aromatic carbocycles. The van der Waals surface area contributed by atoms with Crippen molar-refractivity contribution in [2.24, 2.45) is 0 Å². The lowest BCUT2D eigenvalue weighted by molar-refractivity contribution is 0.470. The van der Waals surface area contributed by atoms with Gasteiger partial charge in [-0.2, -0.15) is 0 Å². The summed E-state index contributed by atoms with van der Waals surface area (Å²) in [5.41, 5.74) is 0. The first kappa shape index (κ1) is 16.1. The van der Waals surface area contributed by atoms with Crippen LogP contribution in [0.5, 0.6) is 0 Å². The van der Waals surface area contributed by atoms with Gasteiger partial charge in [-0.1, -0.05) is 0 Å². The van der Waals surface area contributed by atoms with Gasteiger partial charge in [0.15, 0.2) is 4.67 Å². The molecule has 10 heteroatoms. The zero-order chi connectivity index (χ0) is 15.5. The Morgan fingerprint density at radius 1 is 1.43 bits per heavy atom. The number of furan rings is 1. The van der Waals surface area contributed by atoms with Crippen LogP contribution in [0.3, 0.4) is 0 Å². The monoisotopic (exact) mass is 377 g/mol. The second-order valence-corrected chi connectivity index (χ2v) is 6.69. The largest absolute Gasteiger partial charge is 0.452 e. The molecule has 0 fully saturated rings. The Hall–Kier alpha value is -1.23. The van der Waals surface area contributed by atoms with Crippen LogP contribution < -0.4 is 10.0 Å². The van der Waals surface area contributed by atoms with Crippen LogP contribution in [-0.4, -0.2) is 30.2 Å². The molecular weight excluding hydrogens is 362 g/mol. The molecule has 0 spiro atoms. The van der Waals surface area contributed by atoms with Gasteiger partial charge in [-0.3, -0.25) is 0 Å². The van der Waals surface area contributed by atoms with Crippen molar-refractivity contribution >= 4 is 26.0 Å². The minimum absolute atomic E-state index is 0.0646. The SMILES string of the molecule is CCn1cnnc1CNS(=O)(=O)c1cc(CNC)oc1Br. The molecule has 0 saturated carbocycles. The molecule has 21 heavy (non-hydrogen) atoms. The summed E-state index contributed by atoms with van der Waals surface area (Å²) in [4.78, 5) is 0.0651. The minimum Gasteiger partial charge on any atom is -0.452 e. The Kier molecular flexibility index (Phi) is 5.14. The summed E-state index contributed by atoms with van der Waals surface area (Å²) in [7, 11) is -1.94. The highest BCUT2D eigenvalue weighted by atomic mass is 79.9. The molecule has 0 aliphatic carbocycles. The van der Waals surface area contributed by atoms with Crippen molar-refractivity contribution in [3.8, 4) is 0 Å². The van der Waals surface area contributed by atoms with Crippen molar-refractivity contribution in [1.29, 1.82) is 0 Å². The molecule has 0 saturated heterocycles. The van der Waals surface area contributed by atoms with E-state index >= 15 is 0 Å². The van der Waals surface area contributed by atoms with Gasteiger partial charge in [-0.25, -0.2) is 13.1 Å². The van der Waals surface area contributed by atoms with Crippen molar-refractivity contribution in [1.82, 2.24) is 24.8 Å². The van der Waals surface area contributed by atoms with Crippen molar-refractivity contribution in [3.63, 3.8) is 0 Å². The molecule has 2 heterocycles. The van der Waals surface area contributed by atoms with Gasteiger partial charge in [0.25, 0.3) is 0 Å². The highest BCUT2D eigenvalue weighted by molar-refractivity contribution is 9.10. The second-order valence-electron chi connectivity index (χ2n) is 4.24. The molecule has 0 unspecified atom stereocenters. The predicted molar refractivity (Wildman–Crippen MR) is 78.9 cm³/mol. The summed E-state index contributed by atoms with van der Waals surface area (Å²) in [6.45, 7) is 3.11. The van der Waals surface area contributed by atoms with Gasteiger partial charge < -0.3 is 14.3 Å². The maximum atomic E-state index is 12.3. The Morgan fingerprint density at radius 3 is 2.86 bits per heavy atom. The van der Waals surface area contributed by atoms with E-state index in [9.17, 15) is 8.42 Å². The van der Waals surface area contributed by atoms with E-state index in [1.807, 2.05) is 6.92 Å². The summed E-state index contributed by atoms with van der Waals surface area (Å²) in [6.07, 6.45) is 1.56. The summed E-state index contributed by atoms with van der Waals surface area (Å²) in [5, 5.41) is 10.5. The van der Waals surface area contributed by atoms with E-state index < -0.39 is 10.0 Å². The van der Waals surface area contributed by atoms with Crippen molar-refractivity contribution in [2.45, 2.75) is 31.5 Å². The van der Waals surface area contributed by atoms with Gasteiger partial charge in [-0.05, 0) is 29.9 Å². The van der Waals surface area contributed by atoms with Crippen LogP contribution in [-0.2, 0) is 29.7 Å². The van der Waals surface area contributed by atoms with Gasteiger partial charge in [0.1, 0.15) is 22.8 Å². The lowest BCUT2D eigenvalue weighted by Gasteiger charge is -2.05. The summed E-state index contributed by atoms with van der Waals surface area (Å²) < 4.78 is 34.3. The first-order valence-corrected chi connectivity index (χ1v) is 8.54. The third kappa shape index (κ3) is 3.70. The predicted octanol–water partition coefficient (Wildman–Crippen LogP) is 0.851. The van der Waals surface area contributed by atoms with E-state index in [1.54, 1.807) is 17.9 Å². The second kappa shape index (κ2) is 6.69. The van der Waals surface area contributed by atoms with Crippen molar-refractivity contribution in [3.05, 3.63) is 28.6 Å². The molecule has 0 atom stereocenters. The molecule has 0 radical (unpaired) electrons. The van der Waals surface area contributed by atoms with Crippen LogP contribution in [0.2, 0.25) is 0 Å². The van der Waals surface area contributed by atoms with Crippen LogP contribution >= 0.6 is 15.9 Å². The van der Waals surface area contributed by atoms with E-state index in [0.717, 1.165) is 0 Å². The third-order valence-corrected chi connectivity index (χ3v) is 5.06. The molecule has 2 rings (SSSR count). The number of nitrogens with one attached hydrogen (secondary N) is 2. The fourth-order valence-electron chi connectivity index (χ4n) is 1.76. The van der Waals surface area contributed by atoms with Gasteiger partial charge in [0.2, 0.25) is 10.0 Å². The highest BCUT2D eigenvalue weighted by Crippen LogP contribution is 2.26. The number of rotatable bonds is 7. The average molecular weight is 378 g/mol. The van der Waals surface area contributed by atoms with Crippen LogP contribution in [0.15, 0.2) is 26.4 Å². The van der Waals surface area contributed by atoms with Crippen molar-refractivity contribution < 1.29 is 12.8 Å². The number of sulfonamides is 1. The van der Waals surface area contributed by atoms with E-state index in [-0.39, 0.29) is 16.1 Å². The molecule has 0 bridgehead atoms. The smallest absolute Gasteiger partial charge is 0.245 e. The van der Waals surface area contributed by atoms with Gasteiger partial charge in [0, 0.05) is 12.6 Å². The summed E-state index contributed by atoms with van der Waals surface area (Å²) in [6, 6.07) is 1.48. The number of aryl methyl sites for hydroxylation is 1. The van der Waals surface area contributed by atoms with Crippen molar-refractivity contribution in [2.75, 3.05) is 7.05 Å².